The van der Waals surface area contributed by atoms with Crippen molar-refractivity contribution in [2.75, 3.05) is 0 Å². The third kappa shape index (κ3) is 3.63. The molecule has 106 valence electrons. The maximum absolute atomic E-state index is 11.8. The van der Waals surface area contributed by atoms with Crippen molar-refractivity contribution in [3.05, 3.63) is 24.3 Å². The number of hydrazone groups is 1. The first-order valence-corrected chi connectivity index (χ1v) is 6.81. The maximum atomic E-state index is 11.8. The molecule has 0 saturated carbocycles. The zero-order valence-electron chi connectivity index (χ0n) is 11.8. The quantitative estimate of drug-likeness (QED) is 0.647. The number of para-hydroxylation sites is 1. The van der Waals surface area contributed by atoms with E-state index in [1.807, 2.05) is 31.2 Å². The van der Waals surface area contributed by atoms with Crippen LogP contribution >= 0.6 is 0 Å². The second-order valence-corrected chi connectivity index (χ2v) is 4.72. The first kappa shape index (κ1) is 14.2. The molecule has 1 amide bonds. The van der Waals surface area contributed by atoms with Gasteiger partial charge in [-0.05, 0) is 31.9 Å². The summed E-state index contributed by atoms with van der Waals surface area (Å²) in [5.41, 5.74) is 5.11. The first-order chi connectivity index (χ1) is 9.70. The van der Waals surface area contributed by atoms with Crippen LogP contribution in [0.1, 0.15) is 33.1 Å². The summed E-state index contributed by atoms with van der Waals surface area (Å²) in [5, 5.41) is 12.1. The molecule has 0 aliphatic heterocycles. The molecule has 0 saturated heterocycles. The normalized spacial score (nSPS) is 11.8. The second-order valence-electron chi connectivity index (χ2n) is 4.72. The molecule has 6 nitrogen and oxygen atoms in total. The molecule has 2 rings (SSSR count). The molecule has 1 aromatic carbocycles. The molecule has 0 aliphatic rings. The summed E-state index contributed by atoms with van der Waals surface area (Å²) in [7, 11) is 0. The van der Waals surface area contributed by atoms with Crippen LogP contribution in [0.15, 0.2) is 29.4 Å². The number of hydrogen-bond acceptors (Lipinski definition) is 4. The lowest BCUT2D eigenvalue weighted by Gasteiger charge is -2.03. The van der Waals surface area contributed by atoms with Crippen LogP contribution in [0.5, 0.6) is 0 Å². The van der Waals surface area contributed by atoms with E-state index in [-0.39, 0.29) is 12.5 Å². The molecule has 1 N–H and O–H groups in total. The first-order valence-electron chi connectivity index (χ1n) is 6.81. The van der Waals surface area contributed by atoms with Crippen molar-refractivity contribution < 1.29 is 4.79 Å². The average molecular weight is 273 g/mol. The van der Waals surface area contributed by atoms with Gasteiger partial charge in [0, 0.05) is 5.71 Å². The molecule has 0 bridgehead atoms. The van der Waals surface area contributed by atoms with Crippen molar-refractivity contribution >= 4 is 22.7 Å². The van der Waals surface area contributed by atoms with Gasteiger partial charge in [-0.15, -0.1) is 5.10 Å². The fraction of sp³-hybridized carbons (Fsp3) is 0.429. The van der Waals surface area contributed by atoms with Gasteiger partial charge in [0.1, 0.15) is 12.1 Å². The van der Waals surface area contributed by atoms with E-state index in [0.717, 1.165) is 36.0 Å². The molecule has 2 aromatic rings. The van der Waals surface area contributed by atoms with Gasteiger partial charge in [0.05, 0.1) is 5.52 Å². The Labute approximate surface area is 117 Å². The monoisotopic (exact) mass is 273 g/mol. The Kier molecular flexibility index (Phi) is 4.81. The predicted octanol–water partition coefficient (Wildman–Crippen LogP) is 2.11. The van der Waals surface area contributed by atoms with E-state index in [1.54, 1.807) is 4.68 Å². The Morgan fingerprint density at radius 2 is 2.20 bits per heavy atom. The Balaban J connectivity index is 1.95. The Morgan fingerprint density at radius 3 is 3.00 bits per heavy atom. The van der Waals surface area contributed by atoms with Crippen molar-refractivity contribution in [3.63, 3.8) is 0 Å². The number of hydrogen-bond donors (Lipinski definition) is 1. The fourth-order valence-electron chi connectivity index (χ4n) is 1.85. The maximum Gasteiger partial charge on any atom is 0.261 e. The van der Waals surface area contributed by atoms with Gasteiger partial charge >= 0.3 is 0 Å². The van der Waals surface area contributed by atoms with E-state index in [0.29, 0.717) is 0 Å². The predicted molar refractivity (Wildman–Crippen MR) is 78.3 cm³/mol. The molecule has 0 radical (unpaired) electrons. The summed E-state index contributed by atoms with van der Waals surface area (Å²) in [6.07, 6.45) is 3.10. The van der Waals surface area contributed by atoms with Gasteiger partial charge in [0.15, 0.2) is 0 Å². The lowest BCUT2D eigenvalue weighted by Crippen LogP contribution is -2.24. The molecule has 0 aliphatic carbocycles. The van der Waals surface area contributed by atoms with Crippen molar-refractivity contribution in [2.24, 2.45) is 5.10 Å². The van der Waals surface area contributed by atoms with Crippen LogP contribution < -0.4 is 5.43 Å². The minimum absolute atomic E-state index is 0.116. The van der Waals surface area contributed by atoms with Crippen LogP contribution in [0.2, 0.25) is 0 Å². The Bertz CT molecular complexity index is 617. The highest BCUT2D eigenvalue weighted by molar-refractivity contribution is 5.84. The highest BCUT2D eigenvalue weighted by Crippen LogP contribution is 2.09. The van der Waals surface area contributed by atoms with Gasteiger partial charge in [-0.25, -0.2) is 10.1 Å². The van der Waals surface area contributed by atoms with E-state index < -0.39 is 0 Å². The Morgan fingerprint density at radius 1 is 1.40 bits per heavy atom. The van der Waals surface area contributed by atoms with E-state index in [2.05, 4.69) is 27.8 Å². The summed E-state index contributed by atoms with van der Waals surface area (Å²) in [4.78, 5) is 11.8. The smallest absolute Gasteiger partial charge is 0.261 e. The number of amides is 1. The SMILES string of the molecule is CCCC/C(C)=N\NC(=O)Cn1nnc2ccccc21. The molecule has 6 heteroatoms. The number of unbranched alkanes of at least 4 members (excludes halogenated alkanes) is 1. The second kappa shape index (κ2) is 6.79. The van der Waals surface area contributed by atoms with Crippen molar-refractivity contribution in [1.29, 1.82) is 0 Å². The largest absolute Gasteiger partial charge is 0.271 e. The number of nitrogens with zero attached hydrogens (tertiary/aromatic N) is 4. The number of aromatic nitrogens is 3. The van der Waals surface area contributed by atoms with E-state index in [1.165, 1.54) is 0 Å². The topological polar surface area (TPSA) is 72.2 Å². The van der Waals surface area contributed by atoms with E-state index in [4.69, 9.17) is 0 Å². The van der Waals surface area contributed by atoms with Crippen LogP contribution in [0, 0.1) is 0 Å². The molecular weight excluding hydrogens is 254 g/mol. The zero-order chi connectivity index (χ0) is 14.4. The third-order valence-electron chi connectivity index (χ3n) is 2.98. The molecule has 0 spiro atoms. The highest BCUT2D eigenvalue weighted by Gasteiger charge is 2.07. The summed E-state index contributed by atoms with van der Waals surface area (Å²) in [5.74, 6) is -0.198. The number of benzene rings is 1. The summed E-state index contributed by atoms with van der Waals surface area (Å²) >= 11 is 0. The van der Waals surface area contributed by atoms with Crippen LogP contribution in [0.4, 0.5) is 0 Å². The summed E-state index contributed by atoms with van der Waals surface area (Å²) in [6.45, 7) is 4.16. The molecule has 20 heavy (non-hydrogen) atoms. The van der Waals surface area contributed by atoms with Gasteiger partial charge in [-0.1, -0.05) is 30.7 Å². The standard InChI is InChI=1S/C14H19N5O/c1-3-4-7-11(2)15-17-14(20)10-19-13-9-6-5-8-12(13)16-18-19/h5-6,8-9H,3-4,7,10H2,1-2H3,(H,17,20)/b15-11-. The molecule has 0 atom stereocenters. The van der Waals surface area contributed by atoms with Gasteiger partial charge in [0.2, 0.25) is 0 Å². The van der Waals surface area contributed by atoms with Gasteiger partial charge in [-0.3, -0.25) is 4.79 Å². The summed E-state index contributed by atoms with van der Waals surface area (Å²) in [6, 6.07) is 7.54. The van der Waals surface area contributed by atoms with Crippen LogP contribution in [0.25, 0.3) is 11.0 Å². The third-order valence-corrected chi connectivity index (χ3v) is 2.98. The van der Waals surface area contributed by atoms with Gasteiger partial charge in [-0.2, -0.15) is 5.10 Å². The fourth-order valence-corrected chi connectivity index (χ4v) is 1.85. The number of rotatable bonds is 6. The molecule has 1 heterocycles. The Hall–Kier alpha value is -2.24. The van der Waals surface area contributed by atoms with Gasteiger partial charge in [0.25, 0.3) is 5.91 Å². The van der Waals surface area contributed by atoms with Crippen LogP contribution in [-0.2, 0) is 11.3 Å². The van der Waals surface area contributed by atoms with Crippen LogP contribution in [0.3, 0.4) is 0 Å². The van der Waals surface area contributed by atoms with Gasteiger partial charge < -0.3 is 0 Å². The number of fused-ring (bicyclic) bond motifs is 1. The minimum atomic E-state index is -0.198. The number of nitrogens with one attached hydrogen (secondary N) is 1. The highest BCUT2D eigenvalue weighted by atomic mass is 16.2. The van der Waals surface area contributed by atoms with Crippen molar-refractivity contribution in [3.8, 4) is 0 Å². The molecule has 1 aromatic heterocycles. The minimum Gasteiger partial charge on any atom is -0.271 e. The van der Waals surface area contributed by atoms with E-state index in [9.17, 15) is 4.79 Å². The number of carbonyl (C=O) groups excluding carboxylic acids is 1. The number of carbonyl (C=O) groups is 1. The van der Waals surface area contributed by atoms with Crippen molar-refractivity contribution in [2.45, 2.75) is 39.7 Å². The lowest BCUT2D eigenvalue weighted by molar-refractivity contribution is -0.121. The lowest BCUT2D eigenvalue weighted by atomic mass is 10.2. The van der Waals surface area contributed by atoms with E-state index >= 15 is 0 Å². The molecule has 0 fully saturated rings. The average Bonchev–Trinajstić information content (AvgIpc) is 2.86. The molecular formula is C14H19N5O. The summed E-state index contributed by atoms with van der Waals surface area (Å²) < 4.78 is 1.57. The van der Waals surface area contributed by atoms with Crippen molar-refractivity contribution in [1.82, 2.24) is 20.4 Å². The zero-order valence-corrected chi connectivity index (χ0v) is 11.8. The van der Waals surface area contributed by atoms with Crippen LogP contribution in [-0.4, -0.2) is 26.6 Å². The molecule has 0 unspecified atom stereocenters.